The number of rotatable bonds is 4. The Labute approximate surface area is 173 Å². The minimum absolute atomic E-state index is 0.144. The zero-order chi connectivity index (χ0) is 20.7. The normalized spacial score (nSPS) is 14.3. The highest BCUT2D eigenvalue weighted by molar-refractivity contribution is 9.10. The molecule has 1 atom stereocenters. The minimum Gasteiger partial charge on any atom is -0.488 e. The summed E-state index contributed by atoms with van der Waals surface area (Å²) in [6, 6.07) is 5.25. The molecule has 0 unspecified atom stereocenters. The zero-order valence-corrected chi connectivity index (χ0v) is 17.3. The molecule has 2 aromatic carbocycles. The first kappa shape index (κ1) is 19.8. The molecular formula is C20H18BrF3N4O. The van der Waals surface area contributed by atoms with Gasteiger partial charge in [-0.05, 0) is 35.8 Å². The summed E-state index contributed by atoms with van der Waals surface area (Å²) < 4.78 is 47.2. The van der Waals surface area contributed by atoms with Gasteiger partial charge in [0.25, 0.3) is 6.43 Å². The lowest BCUT2D eigenvalue weighted by Crippen LogP contribution is -2.19. The Morgan fingerprint density at radius 3 is 2.76 bits per heavy atom. The maximum Gasteiger partial charge on any atom is 0.266 e. The van der Waals surface area contributed by atoms with Crippen LogP contribution in [0.3, 0.4) is 0 Å². The van der Waals surface area contributed by atoms with Gasteiger partial charge in [-0.15, -0.1) is 0 Å². The molecule has 0 radical (unpaired) electrons. The number of hydrogen-bond donors (Lipinski definition) is 2. The molecule has 0 aliphatic carbocycles. The highest BCUT2D eigenvalue weighted by atomic mass is 79.9. The van der Waals surface area contributed by atoms with Crippen LogP contribution in [0.25, 0.3) is 10.9 Å². The number of aryl methyl sites for hydroxylation is 1. The van der Waals surface area contributed by atoms with Gasteiger partial charge in [0.15, 0.2) is 5.75 Å². The Bertz CT molecular complexity index is 1090. The van der Waals surface area contributed by atoms with Crippen molar-refractivity contribution in [2.24, 2.45) is 0 Å². The van der Waals surface area contributed by atoms with Crippen LogP contribution in [0.2, 0.25) is 0 Å². The van der Waals surface area contributed by atoms with Crippen molar-refractivity contribution in [2.45, 2.75) is 26.3 Å². The summed E-state index contributed by atoms with van der Waals surface area (Å²) in [6.07, 6.45) is -2.88. The molecule has 0 spiro atoms. The molecule has 0 bridgehead atoms. The van der Waals surface area contributed by atoms with Gasteiger partial charge in [-0.3, -0.25) is 0 Å². The first-order valence-electron chi connectivity index (χ1n) is 9.07. The molecule has 152 valence electrons. The van der Waals surface area contributed by atoms with Gasteiger partial charge in [-0.2, -0.15) is 0 Å². The van der Waals surface area contributed by atoms with Crippen molar-refractivity contribution in [2.75, 3.05) is 23.8 Å². The molecule has 29 heavy (non-hydrogen) atoms. The summed E-state index contributed by atoms with van der Waals surface area (Å²) in [5.74, 6) is 0.770. The van der Waals surface area contributed by atoms with Crippen LogP contribution >= 0.6 is 15.9 Å². The van der Waals surface area contributed by atoms with E-state index in [4.69, 9.17) is 4.74 Å². The standard InChI is InChI=1S/C20H18BrF3N4O/c1-9(11-4-3-5-12(15(11)22)19(23)24)26-20-13-8-14(21)18-17(25-6-7-29-18)16(13)27-10(2)28-20/h3-5,8-9,19,25H,6-7H2,1-2H3,(H,26,27,28)/t9-/m1/s1. The van der Waals surface area contributed by atoms with E-state index in [-0.39, 0.29) is 5.56 Å². The predicted octanol–water partition coefficient (Wildman–Crippen LogP) is 5.75. The third-order valence-electron chi connectivity index (χ3n) is 4.77. The Kier molecular flexibility index (Phi) is 5.24. The number of nitrogens with zero attached hydrogens (tertiary/aromatic N) is 2. The van der Waals surface area contributed by atoms with Gasteiger partial charge >= 0.3 is 0 Å². The number of aromatic nitrogens is 2. The third-order valence-corrected chi connectivity index (χ3v) is 5.36. The Morgan fingerprint density at radius 2 is 2.00 bits per heavy atom. The van der Waals surface area contributed by atoms with E-state index in [0.717, 1.165) is 16.2 Å². The molecule has 1 aromatic heterocycles. The van der Waals surface area contributed by atoms with Gasteiger partial charge in [0.1, 0.15) is 35.3 Å². The largest absolute Gasteiger partial charge is 0.488 e. The van der Waals surface area contributed by atoms with Crippen molar-refractivity contribution in [3.05, 3.63) is 51.5 Å². The number of hydrogen-bond acceptors (Lipinski definition) is 5. The van der Waals surface area contributed by atoms with E-state index in [1.165, 1.54) is 12.1 Å². The fourth-order valence-corrected chi connectivity index (χ4v) is 3.97. The maximum absolute atomic E-state index is 14.6. The van der Waals surface area contributed by atoms with Crippen molar-refractivity contribution in [3.63, 3.8) is 0 Å². The summed E-state index contributed by atoms with van der Waals surface area (Å²) in [7, 11) is 0. The molecule has 3 aromatic rings. The number of fused-ring (bicyclic) bond motifs is 3. The van der Waals surface area contributed by atoms with Gasteiger partial charge in [-0.1, -0.05) is 18.2 Å². The van der Waals surface area contributed by atoms with Crippen molar-refractivity contribution in [1.29, 1.82) is 0 Å². The molecule has 0 saturated carbocycles. The lowest BCUT2D eigenvalue weighted by Gasteiger charge is -2.23. The molecule has 9 heteroatoms. The van der Waals surface area contributed by atoms with Crippen molar-refractivity contribution >= 4 is 38.3 Å². The first-order valence-corrected chi connectivity index (χ1v) is 9.86. The fraction of sp³-hybridized carbons (Fsp3) is 0.300. The lowest BCUT2D eigenvalue weighted by atomic mass is 10.0. The lowest BCUT2D eigenvalue weighted by molar-refractivity contribution is 0.146. The van der Waals surface area contributed by atoms with Crippen molar-refractivity contribution in [3.8, 4) is 5.75 Å². The van der Waals surface area contributed by atoms with E-state index in [1.54, 1.807) is 13.8 Å². The Morgan fingerprint density at radius 1 is 1.24 bits per heavy atom. The second-order valence-corrected chi connectivity index (χ2v) is 7.62. The van der Waals surface area contributed by atoms with E-state index in [9.17, 15) is 13.2 Å². The smallest absolute Gasteiger partial charge is 0.266 e. The summed E-state index contributed by atoms with van der Waals surface area (Å²) in [5.41, 5.74) is 0.961. The molecule has 0 fully saturated rings. The monoisotopic (exact) mass is 466 g/mol. The van der Waals surface area contributed by atoms with Gasteiger partial charge in [0, 0.05) is 17.5 Å². The molecule has 1 aliphatic rings. The molecule has 1 aliphatic heterocycles. The highest BCUT2D eigenvalue weighted by Gasteiger charge is 2.23. The first-order chi connectivity index (χ1) is 13.9. The predicted molar refractivity (Wildman–Crippen MR) is 109 cm³/mol. The molecule has 5 nitrogen and oxygen atoms in total. The number of ether oxygens (including phenoxy) is 1. The summed E-state index contributed by atoms with van der Waals surface area (Å²) in [4.78, 5) is 9.00. The fourth-order valence-electron chi connectivity index (χ4n) is 3.43. The van der Waals surface area contributed by atoms with Crippen LogP contribution in [0.4, 0.5) is 24.7 Å². The molecule has 4 rings (SSSR count). The minimum atomic E-state index is -2.88. The summed E-state index contributed by atoms with van der Waals surface area (Å²) in [6.45, 7) is 4.65. The van der Waals surface area contributed by atoms with E-state index in [2.05, 4.69) is 36.5 Å². The van der Waals surface area contributed by atoms with Crippen LogP contribution < -0.4 is 15.4 Å². The molecule has 0 amide bonds. The topological polar surface area (TPSA) is 59.1 Å². The van der Waals surface area contributed by atoms with Crippen LogP contribution in [0.1, 0.15) is 36.3 Å². The number of halogens is 4. The van der Waals surface area contributed by atoms with Gasteiger partial charge in [0.05, 0.1) is 16.1 Å². The quantitative estimate of drug-likeness (QED) is 0.512. The van der Waals surface area contributed by atoms with Crippen molar-refractivity contribution < 1.29 is 17.9 Å². The molecule has 0 saturated heterocycles. The van der Waals surface area contributed by atoms with Gasteiger partial charge in [0.2, 0.25) is 0 Å². The van der Waals surface area contributed by atoms with Crippen molar-refractivity contribution in [1.82, 2.24) is 9.97 Å². The Balaban J connectivity index is 1.79. The van der Waals surface area contributed by atoms with E-state index in [1.807, 2.05) is 6.07 Å². The number of anilines is 2. The number of alkyl halides is 2. The average molecular weight is 467 g/mol. The number of nitrogens with one attached hydrogen (secondary N) is 2. The summed E-state index contributed by atoms with van der Waals surface area (Å²) >= 11 is 3.51. The van der Waals surface area contributed by atoms with E-state index in [0.29, 0.717) is 41.4 Å². The van der Waals surface area contributed by atoms with Gasteiger partial charge in [-0.25, -0.2) is 23.1 Å². The van der Waals surface area contributed by atoms with Crippen LogP contribution in [-0.4, -0.2) is 23.1 Å². The maximum atomic E-state index is 14.6. The molecule has 2 heterocycles. The van der Waals surface area contributed by atoms with Crippen LogP contribution in [-0.2, 0) is 0 Å². The van der Waals surface area contributed by atoms with Crippen LogP contribution in [0.5, 0.6) is 5.75 Å². The average Bonchev–Trinajstić information content (AvgIpc) is 2.69. The zero-order valence-electron chi connectivity index (χ0n) is 15.7. The van der Waals surface area contributed by atoms with Crippen LogP contribution in [0, 0.1) is 12.7 Å². The van der Waals surface area contributed by atoms with E-state index >= 15 is 0 Å². The van der Waals surface area contributed by atoms with Gasteiger partial charge < -0.3 is 15.4 Å². The van der Waals surface area contributed by atoms with Crippen LogP contribution in [0.15, 0.2) is 28.7 Å². The highest BCUT2D eigenvalue weighted by Crippen LogP contribution is 2.42. The summed E-state index contributed by atoms with van der Waals surface area (Å²) in [5, 5.41) is 7.16. The SMILES string of the molecule is Cc1nc(N[C@H](C)c2cccc(C(F)F)c2F)c2cc(Br)c3c(c2n1)NCCO3. The Hall–Kier alpha value is -2.55. The van der Waals surface area contributed by atoms with E-state index < -0.39 is 23.8 Å². The third kappa shape index (κ3) is 3.59. The molecular weight excluding hydrogens is 449 g/mol. The second kappa shape index (κ2) is 7.70. The molecule has 2 N–H and O–H groups in total. The number of benzene rings is 2. The second-order valence-electron chi connectivity index (χ2n) is 6.77.